The second-order valence-corrected chi connectivity index (χ2v) is 6.87. The molecule has 5 nitrogen and oxygen atoms in total. The van der Waals surface area contributed by atoms with E-state index >= 15 is 0 Å². The smallest absolute Gasteiger partial charge is 0.339 e. The Morgan fingerprint density at radius 1 is 1.14 bits per heavy atom. The molecule has 0 spiro atoms. The van der Waals surface area contributed by atoms with Crippen molar-refractivity contribution in [3.63, 3.8) is 0 Å². The van der Waals surface area contributed by atoms with Crippen molar-refractivity contribution in [2.75, 3.05) is 11.4 Å². The first-order valence-corrected chi connectivity index (χ1v) is 8.80. The zero-order chi connectivity index (χ0) is 20.8. The highest BCUT2D eigenvalue weighted by molar-refractivity contribution is 5.96. The average Bonchev–Trinajstić information content (AvgIpc) is 3.30. The van der Waals surface area contributed by atoms with E-state index in [2.05, 4.69) is 10.1 Å². The maximum atomic E-state index is 13.8. The van der Waals surface area contributed by atoms with E-state index in [-0.39, 0.29) is 36.5 Å². The number of hydrogen-bond donors (Lipinski definition) is 0. The molecular formula is C20H15F4N3O2. The number of halogens is 4. The minimum absolute atomic E-state index is 0.115. The Morgan fingerprint density at radius 2 is 1.86 bits per heavy atom. The fourth-order valence-electron chi connectivity index (χ4n) is 3.20. The first kappa shape index (κ1) is 19.1. The number of aryl methyl sites for hydroxylation is 1. The molecule has 0 N–H and O–H groups in total. The lowest BCUT2D eigenvalue weighted by Crippen LogP contribution is -2.24. The quantitative estimate of drug-likeness (QED) is 0.592. The van der Waals surface area contributed by atoms with Crippen LogP contribution in [0.25, 0.3) is 11.4 Å². The summed E-state index contributed by atoms with van der Waals surface area (Å²) in [7, 11) is 0. The molecule has 1 aliphatic heterocycles. The van der Waals surface area contributed by atoms with E-state index in [1.807, 2.05) is 0 Å². The van der Waals surface area contributed by atoms with Gasteiger partial charge in [-0.25, -0.2) is 4.39 Å². The number of carbonyl (C=O) groups excluding carboxylic acids is 1. The van der Waals surface area contributed by atoms with Gasteiger partial charge >= 0.3 is 6.18 Å². The largest absolute Gasteiger partial charge is 0.416 e. The van der Waals surface area contributed by atoms with Gasteiger partial charge < -0.3 is 9.42 Å². The van der Waals surface area contributed by atoms with Crippen molar-refractivity contribution >= 4 is 11.6 Å². The minimum atomic E-state index is -4.43. The van der Waals surface area contributed by atoms with E-state index in [1.165, 1.54) is 23.1 Å². The normalized spacial score (nSPS) is 17.2. The van der Waals surface area contributed by atoms with Crippen molar-refractivity contribution in [1.29, 1.82) is 0 Å². The molecule has 0 aliphatic carbocycles. The maximum Gasteiger partial charge on any atom is 0.416 e. The molecule has 2 aromatic carbocycles. The molecule has 1 amide bonds. The highest BCUT2D eigenvalue weighted by Crippen LogP contribution is 2.33. The van der Waals surface area contributed by atoms with Gasteiger partial charge in [-0.05, 0) is 36.8 Å². The summed E-state index contributed by atoms with van der Waals surface area (Å²) >= 11 is 0. The molecule has 1 saturated heterocycles. The first-order valence-electron chi connectivity index (χ1n) is 8.80. The Kier molecular flexibility index (Phi) is 4.60. The molecule has 29 heavy (non-hydrogen) atoms. The van der Waals surface area contributed by atoms with Crippen LogP contribution in [0, 0.1) is 12.7 Å². The number of carbonyl (C=O) groups is 1. The van der Waals surface area contributed by atoms with Gasteiger partial charge in [-0.15, -0.1) is 0 Å². The van der Waals surface area contributed by atoms with Gasteiger partial charge in [-0.3, -0.25) is 4.79 Å². The van der Waals surface area contributed by atoms with Gasteiger partial charge in [0.05, 0.1) is 11.5 Å². The van der Waals surface area contributed by atoms with E-state index in [1.54, 1.807) is 19.1 Å². The van der Waals surface area contributed by atoms with E-state index in [4.69, 9.17) is 4.52 Å². The Morgan fingerprint density at radius 3 is 2.52 bits per heavy atom. The van der Waals surface area contributed by atoms with Crippen LogP contribution >= 0.6 is 0 Å². The topological polar surface area (TPSA) is 59.2 Å². The summed E-state index contributed by atoms with van der Waals surface area (Å²) in [4.78, 5) is 18.1. The molecule has 1 aliphatic rings. The molecule has 0 bridgehead atoms. The number of rotatable bonds is 3. The Bertz CT molecular complexity index is 1060. The Labute approximate surface area is 162 Å². The molecule has 150 valence electrons. The van der Waals surface area contributed by atoms with Crippen molar-refractivity contribution in [2.45, 2.75) is 25.4 Å². The molecule has 3 aromatic rings. The lowest BCUT2D eigenvalue weighted by molar-refractivity contribution is -0.137. The SMILES string of the molecule is Cc1ccc(N2CC(c3nc(-c4ccc(C(F)(F)F)cc4)no3)CC2=O)cc1F. The van der Waals surface area contributed by atoms with Crippen molar-refractivity contribution in [3.8, 4) is 11.4 Å². The number of benzene rings is 2. The number of anilines is 1. The summed E-state index contributed by atoms with van der Waals surface area (Å²) in [5.41, 5.74) is 0.528. The van der Waals surface area contributed by atoms with Gasteiger partial charge in [-0.1, -0.05) is 23.4 Å². The molecule has 1 aromatic heterocycles. The van der Waals surface area contributed by atoms with Gasteiger partial charge in [0.15, 0.2) is 0 Å². The second kappa shape index (κ2) is 6.98. The van der Waals surface area contributed by atoms with Crippen LogP contribution in [0.5, 0.6) is 0 Å². The van der Waals surface area contributed by atoms with E-state index < -0.39 is 17.6 Å². The zero-order valence-electron chi connectivity index (χ0n) is 15.2. The summed E-state index contributed by atoms with van der Waals surface area (Å²) < 4.78 is 57.1. The monoisotopic (exact) mass is 405 g/mol. The summed E-state index contributed by atoms with van der Waals surface area (Å²) in [6, 6.07) is 8.98. The zero-order valence-corrected chi connectivity index (χ0v) is 15.2. The standard InChI is InChI=1S/C20H15F4N3O2/c1-11-2-7-15(9-16(11)21)27-10-13(8-17(27)28)19-25-18(26-29-19)12-3-5-14(6-4-12)20(22,23)24/h2-7,9,13H,8,10H2,1H3. The van der Waals surface area contributed by atoms with Crippen LogP contribution in [0.2, 0.25) is 0 Å². The lowest BCUT2D eigenvalue weighted by Gasteiger charge is -2.16. The van der Waals surface area contributed by atoms with Crippen molar-refractivity contribution in [3.05, 3.63) is 65.3 Å². The third-order valence-corrected chi connectivity index (χ3v) is 4.85. The molecule has 1 unspecified atom stereocenters. The van der Waals surface area contributed by atoms with E-state index in [0.29, 0.717) is 16.8 Å². The van der Waals surface area contributed by atoms with Gasteiger partial charge in [0, 0.05) is 24.2 Å². The van der Waals surface area contributed by atoms with Crippen LogP contribution in [0.1, 0.15) is 29.4 Å². The lowest BCUT2D eigenvalue weighted by atomic mass is 10.1. The van der Waals surface area contributed by atoms with Gasteiger partial charge in [0.2, 0.25) is 17.6 Å². The Hall–Kier alpha value is -3.23. The van der Waals surface area contributed by atoms with E-state index in [0.717, 1.165) is 12.1 Å². The highest BCUT2D eigenvalue weighted by Gasteiger charge is 2.35. The maximum absolute atomic E-state index is 13.8. The molecule has 2 heterocycles. The average molecular weight is 405 g/mol. The molecule has 4 rings (SSSR count). The van der Waals surface area contributed by atoms with Crippen LogP contribution in [0.4, 0.5) is 23.2 Å². The molecule has 9 heteroatoms. The Balaban J connectivity index is 1.52. The van der Waals surface area contributed by atoms with Crippen LogP contribution in [-0.2, 0) is 11.0 Å². The van der Waals surface area contributed by atoms with Crippen LogP contribution in [-0.4, -0.2) is 22.6 Å². The second-order valence-electron chi connectivity index (χ2n) is 6.87. The predicted molar refractivity (Wildman–Crippen MR) is 95.6 cm³/mol. The van der Waals surface area contributed by atoms with Gasteiger partial charge in [-0.2, -0.15) is 18.2 Å². The summed E-state index contributed by atoms with van der Waals surface area (Å²) in [6.45, 7) is 1.88. The third-order valence-electron chi connectivity index (χ3n) is 4.85. The van der Waals surface area contributed by atoms with Crippen molar-refractivity contribution in [2.24, 2.45) is 0 Å². The first-order chi connectivity index (χ1) is 13.7. The van der Waals surface area contributed by atoms with Crippen molar-refractivity contribution in [1.82, 2.24) is 10.1 Å². The fraction of sp³-hybridized carbons (Fsp3) is 0.250. The van der Waals surface area contributed by atoms with Gasteiger partial charge in [0.1, 0.15) is 5.82 Å². The van der Waals surface area contributed by atoms with Crippen LogP contribution in [0.15, 0.2) is 47.0 Å². The fourth-order valence-corrected chi connectivity index (χ4v) is 3.20. The number of hydrogen-bond acceptors (Lipinski definition) is 4. The summed E-state index contributed by atoms with van der Waals surface area (Å²) in [5, 5.41) is 3.81. The molecule has 0 radical (unpaired) electrons. The molecule has 1 atom stereocenters. The number of aromatic nitrogens is 2. The van der Waals surface area contributed by atoms with Crippen molar-refractivity contribution < 1.29 is 26.9 Å². The number of amides is 1. The number of alkyl halides is 3. The summed E-state index contributed by atoms with van der Waals surface area (Å²) in [6.07, 6.45) is -4.31. The molecule has 0 saturated carbocycles. The van der Waals surface area contributed by atoms with E-state index in [9.17, 15) is 22.4 Å². The van der Waals surface area contributed by atoms with Crippen LogP contribution in [0.3, 0.4) is 0 Å². The summed E-state index contributed by atoms with van der Waals surface area (Å²) in [5.74, 6) is -0.638. The molecular weight excluding hydrogens is 390 g/mol. The minimum Gasteiger partial charge on any atom is -0.339 e. The van der Waals surface area contributed by atoms with Crippen LogP contribution < -0.4 is 4.90 Å². The predicted octanol–water partition coefficient (Wildman–Crippen LogP) is 4.72. The molecule has 1 fully saturated rings. The highest BCUT2D eigenvalue weighted by atomic mass is 19.4. The third kappa shape index (κ3) is 3.72. The van der Waals surface area contributed by atoms with Gasteiger partial charge in [0.25, 0.3) is 0 Å². The number of nitrogens with zero attached hydrogens (tertiary/aromatic N) is 3.